The van der Waals surface area contributed by atoms with E-state index in [0.29, 0.717) is 6.04 Å². The third kappa shape index (κ3) is 4.30. The molecule has 0 aliphatic rings. The van der Waals surface area contributed by atoms with E-state index in [-0.39, 0.29) is 0 Å². The van der Waals surface area contributed by atoms with Crippen molar-refractivity contribution < 1.29 is 0 Å². The van der Waals surface area contributed by atoms with Crippen LogP contribution in [0.25, 0.3) is 5.69 Å². The van der Waals surface area contributed by atoms with Gasteiger partial charge in [-0.1, -0.05) is 44.2 Å². The van der Waals surface area contributed by atoms with Gasteiger partial charge in [-0.2, -0.15) is 5.10 Å². The summed E-state index contributed by atoms with van der Waals surface area (Å²) in [5.74, 6) is 0. The fourth-order valence-corrected chi connectivity index (χ4v) is 2.30. The number of para-hydroxylation sites is 1. The van der Waals surface area contributed by atoms with Gasteiger partial charge in [0.25, 0.3) is 0 Å². The molecule has 1 atom stereocenters. The standard InChI is InChI=1S/C18H25N3/c1-4-11-19-18(12-15(3)5-2)16-13-20-21(14-16)17-9-7-6-8-10-17/h6-10,13-14,18-19H,3-5,11-12H2,1-2H3. The maximum Gasteiger partial charge on any atom is 0.0645 e. The SMILES string of the molecule is C=C(CC)CC(NCCC)c1cnn(-c2ccccc2)c1. The van der Waals surface area contributed by atoms with Crippen molar-refractivity contribution in [2.45, 2.75) is 39.2 Å². The van der Waals surface area contributed by atoms with Gasteiger partial charge in [-0.05, 0) is 37.9 Å². The molecule has 0 radical (unpaired) electrons. The number of nitrogens with zero attached hydrogens (tertiary/aromatic N) is 2. The predicted molar refractivity (Wildman–Crippen MR) is 88.6 cm³/mol. The molecule has 3 nitrogen and oxygen atoms in total. The quantitative estimate of drug-likeness (QED) is 0.733. The molecule has 1 aromatic carbocycles. The smallest absolute Gasteiger partial charge is 0.0645 e. The van der Waals surface area contributed by atoms with Crippen molar-refractivity contribution in [2.24, 2.45) is 0 Å². The highest BCUT2D eigenvalue weighted by Crippen LogP contribution is 2.22. The van der Waals surface area contributed by atoms with E-state index in [4.69, 9.17) is 0 Å². The summed E-state index contributed by atoms with van der Waals surface area (Å²) in [6.07, 6.45) is 7.20. The van der Waals surface area contributed by atoms with Crippen LogP contribution in [0.4, 0.5) is 0 Å². The summed E-state index contributed by atoms with van der Waals surface area (Å²) in [6, 6.07) is 10.5. The van der Waals surface area contributed by atoms with Crippen LogP contribution in [0.15, 0.2) is 54.9 Å². The molecule has 0 saturated carbocycles. The van der Waals surface area contributed by atoms with Crippen molar-refractivity contribution >= 4 is 0 Å². The maximum absolute atomic E-state index is 4.50. The minimum atomic E-state index is 0.301. The van der Waals surface area contributed by atoms with Crippen LogP contribution < -0.4 is 5.32 Å². The summed E-state index contributed by atoms with van der Waals surface area (Å²) >= 11 is 0. The number of rotatable bonds is 8. The monoisotopic (exact) mass is 283 g/mol. The number of nitrogens with one attached hydrogen (secondary N) is 1. The molecule has 112 valence electrons. The zero-order valence-corrected chi connectivity index (χ0v) is 13.0. The second kappa shape index (κ2) is 7.79. The lowest BCUT2D eigenvalue weighted by molar-refractivity contribution is 0.523. The van der Waals surface area contributed by atoms with Gasteiger partial charge in [-0.25, -0.2) is 4.68 Å². The van der Waals surface area contributed by atoms with E-state index in [0.717, 1.165) is 31.5 Å². The van der Waals surface area contributed by atoms with E-state index in [1.54, 1.807) is 0 Å². The molecule has 0 saturated heterocycles. The Hall–Kier alpha value is -1.87. The lowest BCUT2D eigenvalue weighted by Gasteiger charge is -2.18. The number of hydrogen-bond donors (Lipinski definition) is 1. The van der Waals surface area contributed by atoms with E-state index in [9.17, 15) is 0 Å². The molecular formula is C18H25N3. The van der Waals surface area contributed by atoms with Crippen LogP contribution in [0.2, 0.25) is 0 Å². The highest BCUT2D eigenvalue weighted by molar-refractivity contribution is 5.31. The Labute approximate surface area is 127 Å². The topological polar surface area (TPSA) is 29.9 Å². The first kappa shape index (κ1) is 15.5. The van der Waals surface area contributed by atoms with E-state index < -0.39 is 0 Å². The van der Waals surface area contributed by atoms with Crippen LogP contribution in [0.5, 0.6) is 0 Å². The van der Waals surface area contributed by atoms with Gasteiger partial charge in [0.05, 0.1) is 11.9 Å². The van der Waals surface area contributed by atoms with Gasteiger partial charge in [0.2, 0.25) is 0 Å². The molecular weight excluding hydrogens is 258 g/mol. The number of hydrogen-bond acceptors (Lipinski definition) is 2. The van der Waals surface area contributed by atoms with Crippen molar-refractivity contribution in [1.82, 2.24) is 15.1 Å². The van der Waals surface area contributed by atoms with Crippen molar-refractivity contribution in [3.63, 3.8) is 0 Å². The average Bonchev–Trinajstić information content (AvgIpc) is 3.02. The Morgan fingerprint density at radius 1 is 1.29 bits per heavy atom. The van der Waals surface area contributed by atoms with Gasteiger partial charge in [-0.3, -0.25) is 0 Å². The van der Waals surface area contributed by atoms with Gasteiger partial charge in [-0.15, -0.1) is 0 Å². The van der Waals surface area contributed by atoms with E-state index >= 15 is 0 Å². The lowest BCUT2D eigenvalue weighted by atomic mass is 10.0. The molecule has 0 bridgehead atoms. The highest BCUT2D eigenvalue weighted by Gasteiger charge is 2.14. The summed E-state index contributed by atoms with van der Waals surface area (Å²) in [7, 11) is 0. The second-order valence-corrected chi connectivity index (χ2v) is 5.37. The van der Waals surface area contributed by atoms with Crippen LogP contribution in [0.3, 0.4) is 0 Å². The number of benzene rings is 1. The Kier molecular flexibility index (Phi) is 5.76. The van der Waals surface area contributed by atoms with Crippen LogP contribution in [0, 0.1) is 0 Å². The first-order chi connectivity index (χ1) is 10.2. The van der Waals surface area contributed by atoms with Crippen LogP contribution in [0.1, 0.15) is 44.7 Å². The Bertz CT molecular complexity index is 557. The minimum absolute atomic E-state index is 0.301. The average molecular weight is 283 g/mol. The fourth-order valence-electron chi connectivity index (χ4n) is 2.30. The molecule has 1 N–H and O–H groups in total. The summed E-state index contributed by atoms with van der Waals surface area (Å²) < 4.78 is 1.94. The van der Waals surface area contributed by atoms with Gasteiger partial charge < -0.3 is 5.32 Å². The molecule has 2 aromatic rings. The second-order valence-electron chi connectivity index (χ2n) is 5.37. The van der Waals surface area contributed by atoms with Crippen molar-refractivity contribution in [2.75, 3.05) is 6.54 Å². The molecule has 21 heavy (non-hydrogen) atoms. The normalized spacial score (nSPS) is 12.3. The molecule has 2 rings (SSSR count). The fraction of sp³-hybridized carbons (Fsp3) is 0.389. The van der Waals surface area contributed by atoms with E-state index in [1.807, 2.05) is 29.1 Å². The van der Waals surface area contributed by atoms with Crippen molar-refractivity contribution in [3.8, 4) is 5.69 Å². The van der Waals surface area contributed by atoms with Crippen molar-refractivity contribution in [3.05, 3.63) is 60.4 Å². The molecule has 0 aliphatic heterocycles. The van der Waals surface area contributed by atoms with Crippen LogP contribution in [-0.4, -0.2) is 16.3 Å². The first-order valence-electron chi connectivity index (χ1n) is 7.74. The molecule has 0 spiro atoms. The number of aromatic nitrogens is 2. The predicted octanol–water partition coefficient (Wildman–Crippen LogP) is 4.27. The maximum atomic E-state index is 4.50. The van der Waals surface area contributed by atoms with E-state index in [1.165, 1.54) is 11.1 Å². The Morgan fingerprint density at radius 2 is 2.05 bits per heavy atom. The summed E-state index contributed by atoms with van der Waals surface area (Å²) in [5.41, 5.74) is 3.59. The first-order valence-corrected chi connectivity index (χ1v) is 7.74. The summed E-state index contributed by atoms with van der Waals surface area (Å²) in [5, 5.41) is 8.10. The van der Waals surface area contributed by atoms with E-state index in [2.05, 4.69) is 49.2 Å². The zero-order chi connectivity index (χ0) is 15.1. The molecule has 1 aromatic heterocycles. The lowest BCUT2D eigenvalue weighted by Crippen LogP contribution is -2.22. The van der Waals surface area contributed by atoms with Gasteiger partial charge >= 0.3 is 0 Å². The largest absolute Gasteiger partial charge is 0.310 e. The molecule has 3 heteroatoms. The molecule has 1 heterocycles. The van der Waals surface area contributed by atoms with Crippen LogP contribution >= 0.6 is 0 Å². The Balaban J connectivity index is 2.16. The molecule has 1 unspecified atom stereocenters. The molecule has 0 fully saturated rings. The third-order valence-electron chi connectivity index (χ3n) is 3.66. The summed E-state index contributed by atoms with van der Waals surface area (Å²) in [4.78, 5) is 0. The Morgan fingerprint density at radius 3 is 2.71 bits per heavy atom. The van der Waals surface area contributed by atoms with Gasteiger partial charge in [0, 0.05) is 17.8 Å². The molecule has 0 aliphatic carbocycles. The van der Waals surface area contributed by atoms with Gasteiger partial charge in [0.1, 0.15) is 0 Å². The van der Waals surface area contributed by atoms with Crippen LogP contribution in [-0.2, 0) is 0 Å². The zero-order valence-electron chi connectivity index (χ0n) is 13.0. The van der Waals surface area contributed by atoms with Crippen molar-refractivity contribution in [1.29, 1.82) is 0 Å². The minimum Gasteiger partial charge on any atom is -0.310 e. The van der Waals surface area contributed by atoms with Gasteiger partial charge in [0.15, 0.2) is 0 Å². The molecule has 0 amide bonds. The summed E-state index contributed by atoms with van der Waals surface area (Å²) in [6.45, 7) is 9.50. The third-order valence-corrected chi connectivity index (χ3v) is 3.66. The highest BCUT2D eigenvalue weighted by atomic mass is 15.3.